The predicted molar refractivity (Wildman–Crippen MR) is 112 cm³/mol. The lowest BCUT2D eigenvalue weighted by atomic mass is 10.0. The predicted octanol–water partition coefficient (Wildman–Crippen LogP) is 1.78. The quantitative estimate of drug-likeness (QED) is 0.594. The second kappa shape index (κ2) is 9.84. The fourth-order valence-electron chi connectivity index (χ4n) is 3.23. The van der Waals surface area contributed by atoms with E-state index in [0.29, 0.717) is 30.6 Å². The highest BCUT2D eigenvalue weighted by atomic mass is 35.5. The Morgan fingerprint density at radius 3 is 2.79 bits per heavy atom. The SMILES string of the molecule is Cl.Cl.O=C(N[C@@H]1CCNC[C@H]1O)c1cnc2c(c1)ncn2Cc1ccccc1. The number of amides is 1. The highest BCUT2D eigenvalue weighted by molar-refractivity contribution is 5.96. The number of β-amino-alcohol motifs (C(OH)–C–C–N with tert-alkyl or cyclic N) is 1. The van der Waals surface area contributed by atoms with Crippen LogP contribution in [0, 0.1) is 0 Å². The van der Waals surface area contributed by atoms with Crippen molar-refractivity contribution in [3.05, 3.63) is 60.0 Å². The summed E-state index contributed by atoms with van der Waals surface area (Å²) in [5.41, 5.74) is 3.04. The molecule has 0 unspecified atom stereocenters. The maximum absolute atomic E-state index is 12.5. The summed E-state index contributed by atoms with van der Waals surface area (Å²) in [5, 5.41) is 16.0. The molecule has 2 aromatic heterocycles. The molecule has 4 rings (SSSR count). The van der Waals surface area contributed by atoms with Crippen molar-refractivity contribution in [2.75, 3.05) is 13.1 Å². The third kappa shape index (κ3) is 4.80. The molecular formula is C19H23Cl2N5O2. The van der Waals surface area contributed by atoms with Crippen LogP contribution in [0.1, 0.15) is 22.3 Å². The van der Waals surface area contributed by atoms with Crippen LogP contribution in [0.25, 0.3) is 11.2 Å². The lowest BCUT2D eigenvalue weighted by Crippen LogP contribution is -2.52. The molecule has 0 saturated carbocycles. The van der Waals surface area contributed by atoms with Crippen molar-refractivity contribution >= 4 is 41.9 Å². The summed E-state index contributed by atoms with van der Waals surface area (Å²) in [6, 6.07) is 11.6. The molecule has 28 heavy (non-hydrogen) atoms. The molecule has 1 saturated heterocycles. The van der Waals surface area contributed by atoms with Crippen LogP contribution in [0.3, 0.4) is 0 Å². The molecule has 1 aliphatic heterocycles. The number of pyridine rings is 1. The number of hydrogen-bond acceptors (Lipinski definition) is 5. The number of fused-ring (bicyclic) bond motifs is 1. The van der Waals surface area contributed by atoms with Gasteiger partial charge in [0.25, 0.3) is 5.91 Å². The molecule has 1 aliphatic rings. The minimum Gasteiger partial charge on any atom is -0.390 e. The first kappa shape index (κ1) is 22.1. The minimum absolute atomic E-state index is 0. The van der Waals surface area contributed by atoms with E-state index >= 15 is 0 Å². The Bertz CT molecular complexity index is 919. The van der Waals surface area contributed by atoms with Crippen molar-refractivity contribution in [1.29, 1.82) is 0 Å². The van der Waals surface area contributed by atoms with Gasteiger partial charge >= 0.3 is 0 Å². The first-order valence-corrected chi connectivity index (χ1v) is 8.75. The molecule has 3 heterocycles. The van der Waals surface area contributed by atoms with Crippen molar-refractivity contribution in [2.45, 2.75) is 25.1 Å². The number of halogens is 2. The first-order chi connectivity index (χ1) is 12.7. The summed E-state index contributed by atoms with van der Waals surface area (Å²) in [6.45, 7) is 1.95. The van der Waals surface area contributed by atoms with Gasteiger partial charge in [0.15, 0.2) is 5.65 Å². The minimum atomic E-state index is -0.575. The van der Waals surface area contributed by atoms with Gasteiger partial charge in [-0.25, -0.2) is 9.97 Å². The second-order valence-corrected chi connectivity index (χ2v) is 6.56. The molecule has 150 valence electrons. The van der Waals surface area contributed by atoms with Crippen LogP contribution in [-0.4, -0.2) is 50.8 Å². The highest BCUT2D eigenvalue weighted by Crippen LogP contribution is 2.15. The van der Waals surface area contributed by atoms with E-state index in [1.165, 1.54) is 0 Å². The maximum atomic E-state index is 12.5. The van der Waals surface area contributed by atoms with Gasteiger partial charge in [-0.2, -0.15) is 0 Å². The monoisotopic (exact) mass is 423 g/mol. The Kier molecular flexibility index (Phi) is 7.77. The van der Waals surface area contributed by atoms with E-state index in [2.05, 4.69) is 32.7 Å². The van der Waals surface area contributed by atoms with Crippen molar-refractivity contribution in [3.8, 4) is 0 Å². The number of aromatic nitrogens is 3. The zero-order valence-corrected chi connectivity index (χ0v) is 16.7. The lowest BCUT2D eigenvalue weighted by Gasteiger charge is -2.29. The lowest BCUT2D eigenvalue weighted by molar-refractivity contribution is 0.0765. The Morgan fingerprint density at radius 2 is 2.04 bits per heavy atom. The molecule has 0 bridgehead atoms. The fourth-order valence-corrected chi connectivity index (χ4v) is 3.23. The first-order valence-electron chi connectivity index (χ1n) is 8.75. The van der Waals surface area contributed by atoms with E-state index in [4.69, 9.17) is 0 Å². The summed E-state index contributed by atoms with van der Waals surface area (Å²) in [6.07, 6.45) is 3.43. The molecule has 0 radical (unpaired) electrons. The third-order valence-corrected chi connectivity index (χ3v) is 4.68. The van der Waals surface area contributed by atoms with Gasteiger partial charge in [-0.1, -0.05) is 30.3 Å². The molecule has 3 N–H and O–H groups in total. The number of carbonyl (C=O) groups excluding carboxylic acids is 1. The van der Waals surface area contributed by atoms with Crippen molar-refractivity contribution in [2.24, 2.45) is 0 Å². The molecule has 3 aromatic rings. The van der Waals surface area contributed by atoms with Crippen molar-refractivity contribution < 1.29 is 9.90 Å². The summed E-state index contributed by atoms with van der Waals surface area (Å²) < 4.78 is 1.96. The van der Waals surface area contributed by atoms with Crippen LogP contribution < -0.4 is 10.6 Å². The van der Waals surface area contributed by atoms with Gasteiger partial charge in [0, 0.05) is 12.7 Å². The summed E-state index contributed by atoms with van der Waals surface area (Å²) in [4.78, 5) is 21.3. The van der Waals surface area contributed by atoms with Gasteiger partial charge < -0.3 is 20.3 Å². The average Bonchev–Trinajstić information content (AvgIpc) is 3.06. The number of imidazole rings is 1. The van der Waals surface area contributed by atoms with Gasteiger partial charge in [-0.15, -0.1) is 24.8 Å². The van der Waals surface area contributed by atoms with Crippen LogP contribution in [0.4, 0.5) is 0 Å². The zero-order valence-electron chi connectivity index (χ0n) is 15.1. The number of hydrogen-bond donors (Lipinski definition) is 3. The molecule has 9 heteroatoms. The normalized spacial score (nSPS) is 18.8. The Hall–Kier alpha value is -2.19. The number of nitrogens with zero attached hydrogens (tertiary/aromatic N) is 3. The van der Waals surface area contributed by atoms with Gasteiger partial charge in [0.2, 0.25) is 0 Å². The third-order valence-electron chi connectivity index (χ3n) is 4.68. The molecule has 0 spiro atoms. The van der Waals surface area contributed by atoms with Crippen molar-refractivity contribution in [1.82, 2.24) is 25.2 Å². The smallest absolute Gasteiger partial charge is 0.253 e. The molecule has 1 amide bonds. The fraction of sp³-hybridized carbons (Fsp3) is 0.316. The number of piperidine rings is 1. The largest absolute Gasteiger partial charge is 0.390 e. The molecule has 1 fully saturated rings. The highest BCUT2D eigenvalue weighted by Gasteiger charge is 2.25. The molecular weight excluding hydrogens is 401 g/mol. The Morgan fingerprint density at radius 1 is 1.25 bits per heavy atom. The Labute approximate surface area is 175 Å². The van der Waals surface area contributed by atoms with Gasteiger partial charge in [0.1, 0.15) is 5.52 Å². The number of benzene rings is 1. The van der Waals surface area contributed by atoms with Crippen LogP contribution in [0.2, 0.25) is 0 Å². The summed E-state index contributed by atoms with van der Waals surface area (Å²) in [7, 11) is 0. The second-order valence-electron chi connectivity index (χ2n) is 6.56. The summed E-state index contributed by atoms with van der Waals surface area (Å²) >= 11 is 0. The topological polar surface area (TPSA) is 92.1 Å². The molecule has 0 aliphatic carbocycles. The van der Waals surface area contributed by atoms with Crippen LogP contribution in [-0.2, 0) is 6.54 Å². The standard InChI is InChI=1S/C19H21N5O2.2ClH/c25-17-10-20-7-6-15(17)23-19(26)14-8-16-18(21-9-14)24(12-22-16)11-13-4-2-1-3-5-13;;/h1-5,8-9,12,15,17,20,25H,6-7,10-11H2,(H,23,26);2*1H/t15-,17-;;/m1../s1. The van der Waals surface area contributed by atoms with Gasteiger partial charge in [-0.05, 0) is 24.6 Å². The van der Waals surface area contributed by atoms with E-state index in [-0.39, 0.29) is 36.8 Å². The van der Waals surface area contributed by atoms with E-state index in [1.807, 2.05) is 22.8 Å². The zero-order chi connectivity index (χ0) is 17.9. The van der Waals surface area contributed by atoms with E-state index < -0.39 is 6.10 Å². The van der Waals surface area contributed by atoms with Crippen LogP contribution in [0.5, 0.6) is 0 Å². The average molecular weight is 424 g/mol. The van der Waals surface area contributed by atoms with E-state index in [0.717, 1.165) is 17.8 Å². The number of carbonyl (C=O) groups is 1. The molecule has 2 atom stereocenters. The van der Waals surface area contributed by atoms with E-state index in [1.54, 1.807) is 18.6 Å². The van der Waals surface area contributed by atoms with Gasteiger partial charge in [-0.3, -0.25) is 4.79 Å². The number of nitrogens with one attached hydrogen (secondary N) is 2. The maximum Gasteiger partial charge on any atom is 0.253 e. The number of aliphatic hydroxyl groups excluding tert-OH is 1. The van der Waals surface area contributed by atoms with Crippen LogP contribution in [0.15, 0.2) is 48.9 Å². The molecule has 1 aromatic carbocycles. The van der Waals surface area contributed by atoms with E-state index in [9.17, 15) is 9.90 Å². The number of aliphatic hydroxyl groups is 1. The molecule has 7 nitrogen and oxygen atoms in total. The summed E-state index contributed by atoms with van der Waals surface area (Å²) in [5.74, 6) is -0.233. The van der Waals surface area contributed by atoms with Crippen molar-refractivity contribution in [3.63, 3.8) is 0 Å². The number of rotatable bonds is 4. The van der Waals surface area contributed by atoms with Gasteiger partial charge in [0.05, 0.1) is 30.6 Å². The van der Waals surface area contributed by atoms with Crippen LogP contribution >= 0.6 is 24.8 Å². The Balaban J connectivity index is 0.00000140.